The molecular formula is C17H13NO. The van der Waals surface area contributed by atoms with Gasteiger partial charge < -0.3 is 4.42 Å². The summed E-state index contributed by atoms with van der Waals surface area (Å²) in [6, 6.07) is 23.9. The van der Waals surface area contributed by atoms with Gasteiger partial charge in [-0.1, -0.05) is 54.6 Å². The number of benzene rings is 2. The zero-order valence-corrected chi connectivity index (χ0v) is 10.4. The van der Waals surface area contributed by atoms with E-state index in [1.165, 1.54) is 0 Å². The Kier molecular flexibility index (Phi) is 3.24. The highest BCUT2D eigenvalue weighted by Gasteiger charge is 2.04. The Morgan fingerprint density at radius 2 is 1.26 bits per heavy atom. The number of rotatable bonds is 0. The lowest BCUT2D eigenvalue weighted by Gasteiger charge is -1.84. The fourth-order valence-electron chi connectivity index (χ4n) is 1.94. The minimum absolute atomic E-state index is 0.712. The Labute approximate surface area is 111 Å². The van der Waals surface area contributed by atoms with Crippen molar-refractivity contribution in [2.45, 2.75) is 0 Å². The molecule has 92 valence electrons. The highest BCUT2D eigenvalue weighted by molar-refractivity contribution is 6.03. The second-order valence-electron chi connectivity index (χ2n) is 4.11. The molecule has 19 heavy (non-hydrogen) atoms. The van der Waals surface area contributed by atoms with Gasteiger partial charge >= 0.3 is 0 Å². The van der Waals surface area contributed by atoms with Gasteiger partial charge in [-0.3, -0.25) is 0 Å². The second kappa shape index (κ2) is 5.36. The van der Waals surface area contributed by atoms with Gasteiger partial charge in [0.25, 0.3) is 0 Å². The average molecular weight is 247 g/mol. The van der Waals surface area contributed by atoms with Crippen LogP contribution >= 0.6 is 0 Å². The van der Waals surface area contributed by atoms with Crippen LogP contribution in [0.15, 0.2) is 83.4 Å². The van der Waals surface area contributed by atoms with Gasteiger partial charge in [0.05, 0.1) is 0 Å². The fourth-order valence-corrected chi connectivity index (χ4v) is 1.94. The topological polar surface area (TPSA) is 26.0 Å². The number of nitrogens with zero attached hydrogens (tertiary/aromatic N) is 1. The lowest BCUT2D eigenvalue weighted by atomic mass is 10.2. The zero-order chi connectivity index (χ0) is 12.9. The van der Waals surface area contributed by atoms with Crippen molar-refractivity contribution in [3.05, 3.63) is 79.0 Å². The highest BCUT2D eigenvalue weighted by Crippen LogP contribution is 2.25. The first-order chi connectivity index (χ1) is 9.45. The van der Waals surface area contributed by atoms with E-state index in [0.717, 1.165) is 16.4 Å². The van der Waals surface area contributed by atoms with Crippen molar-refractivity contribution in [2.75, 3.05) is 0 Å². The van der Waals surface area contributed by atoms with Crippen molar-refractivity contribution in [1.82, 2.24) is 4.98 Å². The maximum absolute atomic E-state index is 5.54. The molecule has 0 spiro atoms. The van der Waals surface area contributed by atoms with Crippen molar-refractivity contribution < 1.29 is 4.42 Å². The average Bonchev–Trinajstić information content (AvgIpc) is 2.88. The van der Waals surface area contributed by atoms with Crippen LogP contribution in [0.25, 0.3) is 22.1 Å². The van der Waals surface area contributed by atoms with E-state index in [4.69, 9.17) is 4.42 Å². The van der Waals surface area contributed by atoms with Gasteiger partial charge in [-0.15, -0.1) is 0 Å². The Morgan fingerprint density at radius 1 is 0.632 bits per heavy atom. The molecule has 4 rings (SSSR count). The fraction of sp³-hybridized carbons (Fsp3) is 0. The van der Waals surface area contributed by atoms with Crippen LogP contribution in [0.5, 0.6) is 0 Å². The van der Waals surface area contributed by atoms with Crippen LogP contribution in [-0.2, 0) is 0 Å². The smallest absolute Gasteiger partial charge is 0.227 e. The van der Waals surface area contributed by atoms with Gasteiger partial charge in [-0.2, -0.15) is 0 Å². The van der Waals surface area contributed by atoms with E-state index in [1.54, 1.807) is 6.20 Å². The Balaban J connectivity index is 0.000000155. The summed E-state index contributed by atoms with van der Waals surface area (Å²) in [4.78, 5) is 4.15. The van der Waals surface area contributed by atoms with Crippen molar-refractivity contribution in [3.63, 3.8) is 0 Å². The summed E-state index contributed by atoms with van der Waals surface area (Å²) >= 11 is 0. The molecule has 2 nitrogen and oxygen atoms in total. The number of hydrogen-bond acceptors (Lipinski definition) is 2. The first-order valence-corrected chi connectivity index (χ1v) is 6.17. The van der Waals surface area contributed by atoms with Crippen LogP contribution in [0.4, 0.5) is 0 Å². The van der Waals surface area contributed by atoms with Crippen molar-refractivity contribution in [2.24, 2.45) is 0 Å². The molecule has 0 saturated carbocycles. The molecule has 0 atom stereocenters. The van der Waals surface area contributed by atoms with Gasteiger partial charge in [0.2, 0.25) is 5.71 Å². The van der Waals surface area contributed by atoms with E-state index in [0.29, 0.717) is 5.71 Å². The predicted octanol–water partition coefficient (Wildman–Crippen LogP) is 4.67. The standard InChI is InChI=1S/C11H7NO.C6H6/c1-2-6-10-8(4-1)9-5-3-7-12-11(9)13-10;1-2-4-6-5-3-1/h1-7H;1-6H. The molecule has 0 bridgehead atoms. The number of aromatic nitrogens is 1. The summed E-state index contributed by atoms with van der Waals surface area (Å²) in [5.41, 5.74) is 1.61. The maximum Gasteiger partial charge on any atom is 0.227 e. The summed E-state index contributed by atoms with van der Waals surface area (Å²) < 4.78 is 5.54. The lowest BCUT2D eigenvalue weighted by molar-refractivity contribution is 0.654. The third-order valence-electron chi connectivity index (χ3n) is 2.82. The van der Waals surface area contributed by atoms with Gasteiger partial charge in [0.1, 0.15) is 5.58 Å². The Bertz CT molecular complexity index is 698. The van der Waals surface area contributed by atoms with Crippen molar-refractivity contribution in [3.8, 4) is 0 Å². The summed E-state index contributed by atoms with van der Waals surface area (Å²) in [7, 11) is 0. The largest absolute Gasteiger partial charge is 0.438 e. The minimum Gasteiger partial charge on any atom is -0.438 e. The molecule has 0 fully saturated rings. The zero-order valence-electron chi connectivity index (χ0n) is 10.4. The van der Waals surface area contributed by atoms with Crippen LogP contribution in [0.3, 0.4) is 0 Å². The van der Waals surface area contributed by atoms with E-state index in [2.05, 4.69) is 4.98 Å². The molecule has 2 heterocycles. The summed E-state index contributed by atoms with van der Waals surface area (Å²) in [5.74, 6) is 0. The normalized spacial score (nSPS) is 10.1. The number of pyridine rings is 1. The molecule has 0 aliphatic rings. The molecule has 0 aliphatic carbocycles. The number of hydrogen-bond donors (Lipinski definition) is 0. The van der Waals surface area contributed by atoms with Gasteiger partial charge in [0.15, 0.2) is 0 Å². The lowest BCUT2D eigenvalue weighted by Crippen LogP contribution is -1.68. The van der Waals surface area contributed by atoms with E-state index in [9.17, 15) is 0 Å². The van der Waals surface area contributed by atoms with E-state index in [-0.39, 0.29) is 0 Å². The number of fused-ring (bicyclic) bond motifs is 3. The number of para-hydroxylation sites is 1. The predicted molar refractivity (Wildman–Crippen MR) is 78.0 cm³/mol. The van der Waals surface area contributed by atoms with Gasteiger partial charge in [-0.05, 0) is 18.2 Å². The van der Waals surface area contributed by atoms with Gasteiger partial charge in [-0.25, -0.2) is 4.98 Å². The number of furan rings is 1. The monoisotopic (exact) mass is 247 g/mol. The molecule has 2 aromatic heterocycles. The molecule has 2 heteroatoms. The maximum atomic E-state index is 5.54. The van der Waals surface area contributed by atoms with Crippen LogP contribution in [0.1, 0.15) is 0 Å². The molecule has 0 unspecified atom stereocenters. The van der Waals surface area contributed by atoms with Crippen LogP contribution in [0.2, 0.25) is 0 Å². The molecule has 0 amide bonds. The molecule has 0 aliphatic heterocycles. The molecule has 0 radical (unpaired) electrons. The SMILES string of the molecule is c1ccc2c(c1)oc1ncccc12.c1ccccc1. The molecule has 4 aromatic rings. The molecular weight excluding hydrogens is 234 g/mol. The third-order valence-corrected chi connectivity index (χ3v) is 2.82. The van der Waals surface area contributed by atoms with E-state index < -0.39 is 0 Å². The van der Waals surface area contributed by atoms with E-state index >= 15 is 0 Å². The molecule has 2 aromatic carbocycles. The minimum atomic E-state index is 0.712. The molecule has 0 N–H and O–H groups in total. The Morgan fingerprint density at radius 3 is 2.00 bits per heavy atom. The Hall–Kier alpha value is -2.61. The summed E-state index contributed by atoms with van der Waals surface area (Å²) in [6.45, 7) is 0. The summed E-state index contributed by atoms with van der Waals surface area (Å²) in [5, 5.41) is 2.21. The second-order valence-corrected chi connectivity index (χ2v) is 4.11. The van der Waals surface area contributed by atoms with E-state index in [1.807, 2.05) is 72.8 Å². The highest BCUT2D eigenvalue weighted by atomic mass is 16.3. The van der Waals surface area contributed by atoms with Crippen LogP contribution in [0, 0.1) is 0 Å². The molecule has 0 saturated heterocycles. The first-order valence-electron chi connectivity index (χ1n) is 6.17. The van der Waals surface area contributed by atoms with Crippen LogP contribution in [-0.4, -0.2) is 4.98 Å². The van der Waals surface area contributed by atoms with Crippen molar-refractivity contribution >= 4 is 22.1 Å². The third kappa shape index (κ3) is 2.47. The first kappa shape index (κ1) is 11.5. The summed E-state index contributed by atoms with van der Waals surface area (Å²) in [6.07, 6.45) is 1.74. The van der Waals surface area contributed by atoms with Crippen molar-refractivity contribution in [1.29, 1.82) is 0 Å². The quantitative estimate of drug-likeness (QED) is 0.451. The van der Waals surface area contributed by atoms with Crippen LogP contribution < -0.4 is 0 Å². The van der Waals surface area contributed by atoms with Gasteiger partial charge in [0, 0.05) is 17.0 Å².